The third kappa shape index (κ3) is 7.94. The van der Waals surface area contributed by atoms with Crippen LogP contribution in [0, 0.1) is 0 Å². The minimum absolute atomic E-state index is 0.00706. The third-order valence-corrected chi connectivity index (χ3v) is 8.52. The van der Waals surface area contributed by atoms with Crippen LogP contribution in [0.1, 0.15) is 32.3 Å². The predicted octanol–water partition coefficient (Wildman–Crippen LogP) is 4.24. The average molecular weight is 598 g/mol. The van der Waals surface area contributed by atoms with Crippen molar-refractivity contribution < 1.29 is 32.2 Å². The van der Waals surface area contributed by atoms with E-state index in [1.54, 1.807) is 62.6 Å². The van der Waals surface area contributed by atoms with Crippen molar-refractivity contribution in [2.24, 2.45) is 0 Å². The number of nitrogens with zero attached hydrogens (tertiary/aromatic N) is 2. The number of hydrogen-bond acceptors (Lipinski definition) is 7. The number of carbonyl (C=O) groups excluding carboxylic acids is 2. The molecule has 42 heavy (non-hydrogen) atoms. The first-order chi connectivity index (χ1) is 20.2. The quantitative estimate of drug-likeness (QED) is 0.261. The van der Waals surface area contributed by atoms with E-state index in [1.165, 1.54) is 37.3 Å². The van der Waals surface area contributed by atoms with Gasteiger partial charge in [0, 0.05) is 19.2 Å². The summed E-state index contributed by atoms with van der Waals surface area (Å²) >= 11 is 0. The van der Waals surface area contributed by atoms with Gasteiger partial charge in [0.25, 0.3) is 10.0 Å². The number of benzene rings is 3. The highest BCUT2D eigenvalue weighted by atomic mass is 32.2. The predicted molar refractivity (Wildman–Crippen MR) is 161 cm³/mol. The van der Waals surface area contributed by atoms with Gasteiger partial charge in [-0.25, -0.2) is 8.42 Å². The van der Waals surface area contributed by atoms with Gasteiger partial charge in [0.2, 0.25) is 11.8 Å². The second-order valence-electron chi connectivity index (χ2n) is 9.56. The van der Waals surface area contributed by atoms with E-state index in [2.05, 4.69) is 5.32 Å². The Bertz CT molecular complexity index is 1450. The normalized spacial score (nSPS) is 11.7. The maximum absolute atomic E-state index is 14.1. The Labute approximate surface area is 248 Å². The van der Waals surface area contributed by atoms with Crippen molar-refractivity contribution in [1.82, 2.24) is 10.2 Å². The van der Waals surface area contributed by atoms with Gasteiger partial charge in [0.05, 0.1) is 31.9 Å². The molecule has 0 fully saturated rings. The molecule has 0 aliphatic heterocycles. The molecule has 10 nitrogen and oxygen atoms in total. The second kappa shape index (κ2) is 15.1. The van der Waals surface area contributed by atoms with Gasteiger partial charge < -0.3 is 24.4 Å². The van der Waals surface area contributed by atoms with Gasteiger partial charge in [0.1, 0.15) is 29.8 Å². The number of ether oxygens (including phenoxy) is 3. The lowest BCUT2D eigenvalue weighted by Crippen LogP contribution is -2.51. The third-order valence-electron chi connectivity index (χ3n) is 6.75. The summed E-state index contributed by atoms with van der Waals surface area (Å²) in [6.07, 6.45) is 1.69. The Morgan fingerprint density at radius 2 is 1.57 bits per heavy atom. The molecule has 1 N–H and O–H groups in total. The number of rotatable bonds is 15. The second-order valence-corrected chi connectivity index (χ2v) is 11.4. The molecule has 0 radical (unpaired) electrons. The van der Waals surface area contributed by atoms with E-state index >= 15 is 0 Å². The van der Waals surface area contributed by atoms with Gasteiger partial charge in [-0.2, -0.15) is 0 Å². The van der Waals surface area contributed by atoms with Gasteiger partial charge in [-0.15, -0.1) is 0 Å². The minimum atomic E-state index is -4.26. The molecule has 0 saturated carbocycles. The Hall–Kier alpha value is -4.25. The maximum Gasteiger partial charge on any atom is 0.264 e. The van der Waals surface area contributed by atoms with Crippen molar-refractivity contribution in [3.8, 4) is 17.2 Å². The van der Waals surface area contributed by atoms with Crippen LogP contribution in [0.15, 0.2) is 77.7 Å². The minimum Gasteiger partial charge on any atom is -0.497 e. The number of sulfonamides is 1. The standard InChI is InChI=1S/C31H39N3O7S/c1-6-7-18-32-31(36)23(2)33(21-24-12-11-13-25(19-24)39-3)30(35)22-34(42(37,38)27-14-9-8-10-15-27)28-20-26(40-4)16-17-29(28)41-5/h8-17,19-20,23H,6-7,18,21-22H2,1-5H3,(H,32,36)/t23-/m0/s1. The molecule has 0 saturated heterocycles. The van der Waals surface area contributed by atoms with E-state index in [1.807, 2.05) is 13.0 Å². The zero-order valence-electron chi connectivity index (χ0n) is 24.7. The van der Waals surface area contributed by atoms with Crippen molar-refractivity contribution in [3.05, 3.63) is 78.4 Å². The highest BCUT2D eigenvalue weighted by molar-refractivity contribution is 7.92. The first kappa shape index (κ1) is 32.3. The van der Waals surface area contributed by atoms with Crippen molar-refractivity contribution in [3.63, 3.8) is 0 Å². The molecular formula is C31H39N3O7S. The van der Waals surface area contributed by atoms with Crippen molar-refractivity contribution >= 4 is 27.5 Å². The highest BCUT2D eigenvalue weighted by Gasteiger charge is 2.34. The van der Waals surface area contributed by atoms with Crippen LogP contribution in [0.3, 0.4) is 0 Å². The summed E-state index contributed by atoms with van der Waals surface area (Å²) in [4.78, 5) is 28.6. The molecule has 11 heteroatoms. The van der Waals surface area contributed by atoms with E-state index in [-0.39, 0.29) is 28.8 Å². The number of anilines is 1. The molecule has 0 aromatic heterocycles. The molecule has 2 amide bonds. The van der Waals surface area contributed by atoms with Gasteiger partial charge in [0.15, 0.2) is 0 Å². The number of carbonyl (C=O) groups is 2. The van der Waals surface area contributed by atoms with Crippen LogP contribution in [-0.4, -0.2) is 65.6 Å². The Kier molecular flexibility index (Phi) is 11.6. The van der Waals surface area contributed by atoms with Crippen molar-refractivity contribution in [2.45, 2.75) is 44.2 Å². The lowest BCUT2D eigenvalue weighted by Gasteiger charge is -2.32. The molecule has 0 spiro atoms. The molecule has 3 rings (SSSR count). The molecule has 0 aliphatic rings. The molecule has 3 aromatic rings. The smallest absolute Gasteiger partial charge is 0.264 e. The van der Waals surface area contributed by atoms with Crippen LogP contribution in [0.4, 0.5) is 5.69 Å². The number of methoxy groups -OCH3 is 3. The van der Waals surface area contributed by atoms with Gasteiger partial charge >= 0.3 is 0 Å². The van der Waals surface area contributed by atoms with Gasteiger partial charge in [-0.3, -0.25) is 13.9 Å². The van der Waals surface area contributed by atoms with Crippen LogP contribution in [0.25, 0.3) is 0 Å². The molecule has 0 aliphatic carbocycles. The summed E-state index contributed by atoms with van der Waals surface area (Å²) in [7, 11) is 0.158. The monoisotopic (exact) mass is 597 g/mol. The zero-order valence-corrected chi connectivity index (χ0v) is 25.5. The fraction of sp³-hybridized carbons (Fsp3) is 0.355. The molecule has 1 atom stereocenters. The molecule has 0 unspecified atom stereocenters. The Balaban J connectivity index is 2.08. The van der Waals surface area contributed by atoms with E-state index < -0.39 is 28.5 Å². The van der Waals surface area contributed by atoms with Gasteiger partial charge in [-0.1, -0.05) is 43.7 Å². The Morgan fingerprint density at radius 3 is 2.21 bits per heavy atom. The number of nitrogens with one attached hydrogen (secondary N) is 1. The van der Waals surface area contributed by atoms with Crippen molar-refractivity contribution in [1.29, 1.82) is 0 Å². The summed E-state index contributed by atoms with van der Waals surface area (Å²) < 4.78 is 45.3. The summed E-state index contributed by atoms with van der Waals surface area (Å²) in [6.45, 7) is 3.56. The lowest BCUT2D eigenvalue weighted by atomic mass is 10.1. The van der Waals surface area contributed by atoms with E-state index in [0.717, 1.165) is 17.1 Å². The van der Waals surface area contributed by atoms with Crippen LogP contribution < -0.4 is 23.8 Å². The van der Waals surface area contributed by atoms with Crippen molar-refractivity contribution in [2.75, 3.05) is 38.7 Å². The van der Waals surface area contributed by atoms with Crippen LogP contribution >= 0.6 is 0 Å². The first-order valence-corrected chi connectivity index (χ1v) is 15.1. The fourth-order valence-electron chi connectivity index (χ4n) is 4.31. The maximum atomic E-state index is 14.1. The molecule has 226 valence electrons. The average Bonchev–Trinajstić information content (AvgIpc) is 3.02. The van der Waals surface area contributed by atoms with Crippen LogP contribution in [0.2, 0.25) is 0 Å². The number of hydrogen-bond donors (Lipinski definition) is 1. The van der Waals surface area contributed by atoms with E-state index in [9.17, 15) is 18.0 Å². The highest BCUT2D eigenvalue weighted by Crippen LogP contribution is 2.36. The molecular weight excluding hydrogens is 558 g/mol. The van der Waals surface area contributed by atoms with E-state index in [0.29, 0.717) is 23.6 Å². The number of amides is 2. The molecule has 0 heterocycles. The summed E-state index contributed by atoms with van der Waals surface area (Å²) in [5, 5.41) is 2.88. The van der Waals surface area contributed by atoms with Crippen LogP contribution in [-0.2, 0) is 26.2 Å². The lowest BCUT2D eigenvalue weighted by molar-refractivity contribution is -0.139. The zero-order chi connectivity index (χ0) is 30.7. The largest absolute Gasteiger partial charge is 0.497 e. The fourth-order valence-corrected chi connectivity index (χ4v) is 5.75. The van der Waals surface area contributed by atoms with Gasteiger partial charge in [-0.05, 0) is 55.3 Å². The summed E-state index contributed by atoms with van der Waals surface area (Å²) in [6, 6.07) is 18.8. The molecule has 0 bridgehead atoms. The first-order valence-electron chi connectivity index (χ1n) is 13.7. The molecule has 3 aromatic carbocycles. The SMILES string of the molecule is CCCCNC(=O)[C@H](C)N(Cc1cccc(OC)c1)C(=O)CN(c1cc(OC)ccc1OC)S(=O)(=O)c1ccccc1. The summed E-state index contributed by atoms with van der Waals surface area (Å²) in [5.74, 6) is 0.280. The number of unbranched alkanes of at least 4 members (excludes halogenated alkanes) is 1. The Morgan fingerprint density at radius 1 is 0.881 bits per heavy atom. The topological polar surface area (TPSA) is 114 Å². The summed E-state index contributed by atoms with van der Waals surface area (Å²) in [5.41, 5.74) is 0.836. The van der Waals surface area contributed by atoms with E-state index in [4.69, 9.17) is 14.2 Å². The van der Waals surface area contributed by atoms with Crippen LogP contribution in [0.5, 0.6) is 17.2 Å².